The molecule has 23 heavy (non-hydrogen) atoms. The Labute approximate surface area is 132 Å². The monoisotopic (exact) mass is 312 g/mol. The summed E-state index contributed by atoms with van der Waals surface area (Å²) < 4.78 is 16.1. The number of benzene rings is 2. The molecule has 0 unspecified atom stereocenters. The molecule has 0 aliphatic rings. The first-order chi connectivity index (χ1) is 11.0. The highest BCUT2D eigenvalue weighted by Gasteiger charge is 2.17. The maximum atomic E-state index is 12.4. The Morgan fingerprint density at radius 1 is 1.04 bits per heavy atom. The SMILES string of the molecule is COc1cc(OC)c2c(C)c(-c3ccc(O)cc3)c(=O)oc2c1. The maximum absolute atomic E-state index is 12.4. The first-order valence-corrected chi connectivity index (χ1v) is 7.04. The quantitative estimate of drug-likeness (QED) is 0.750. The zero-order valence-electron chi connectivity index (χ0n) is 13.0. The van der Waals surface area contributed by atoms with E-state index in [0.717, 1.165) is 10.9 Å². The molecule has 0 fully saturated rings. The minimum absolute atomic E-state index is 0.138. The third-order valence-corrected chi connectivity index (χ3v) is 3.81. The molecule has 0 radical (unpaired) electrons. The van der Waals surface area contributed by atoms with Crippen molar-refractivity contribution in [3.63, 3.8) is 0 Å². The summed E-state index contributed by atoms with van der Waals surface area (Å²) in [6.45, 7) is 1.84. The Morgan fingerprint density at radius 3 is 2.35 bits per heavy atom. The molecule has 3 rings (SSSR count). The molecule has 0 spiro atoms. The zero-order valence-corrected chi connectivity index (χ0v) is 13.0. The van der Waals surface area contributed by atoms with Crippen LogP contribution in [0.2, 0.25) is 0 Å². The molecular formula is C18H16O5. The molecule has 0 aliphatic carbocycles. The second-order valence-electron chi connectivity index (χ2n) is 5.14. The highest BCUT2D eigenvalue weighted by atomic mass is 16.5. The minimum Gasteiger partial charge on any atom is -0.508 e. The highest BCUT2D eigenvalue weighted by Crippen LogP contribution is 2.36. The van der Waals surface area contributed by atoms with Gasteiger partial charge < -0.3 is 19.0 Å². The zero-order chi connectivity index (χ0) is 16.6. The Balaban J connectivity index is 2.37. The van der Waals surface area contributed by atoms with Gasteiger partial charge in [0.15, 0.2) is 0 Å². The van der Waals surface area contributed by atoms with Crippen LogP contribution < -0.4 is 15.1 Å². The fraction of sp³-hybridized carbons (Fsp3) is 0.167. The third-order valence-electron chi connectivity index (χ3n) is 3.81. The normalized spacial score (nSPS) is 10.7. The predicted octanol–water partition coefficient (Wildman–Crippen LogP) is 3.49. The molecule has 2 aromatic carbocycles. The predicted molar refractivity (Wildman–Crippen MR) is 87.4 cm³/mol. The smallest absolute Gasteiger partial charge is 0.344 e. The molecule has 0 saturated heterocycles. The van der Waals surface area contributed by atoms with Crippen molar-refractivity contribution in [1.29, 1.82) is 0 Å². The van der Waals surface area contributed by atoms with Crippen LogP contribution in [-0.4, -0.2) is 19.3 Å². The number of hydrogen-bond acceptors (Lipinski definition) is 5. The van der Waals surface area contributed by atoms with E-state index < -0.39 is 5.63 Å². The number of hydrogen-bond donors (Lipinski definition) is 1. The van der Waals surface area contributed by atoms with Gasteiger partial charge >= 0.3 is 5.63 Å². The topological polar surface area (TPSA) is 68.9 Å². The number of rotatable bonds is 3. The number of ether oxygens (including phenoxy) is 2. The van der Waals surface area contributed by atoms with Crippen molar-refractivity contribution in [2.75, 3.05) is 14.2 Å². The number of fused-ring (bicyclic) bond motifs is 1. The van der Waals surface area contributed by atoms with Crippen molar-refractivity contribution in [3.05, 3.63) is 52.4 Å². The number of methoxy groups -OCH3 is 2. The number of aromatic hydroxyl groups is 1. The van der Waals surface area contributed by atoms with Crippen LogP contribution in [0, 0.1) is 6.92 Å². The van der Waals surface area contributed by atoms with Gasteiger partial charge in [-0.25, -0.2) is 4.79 Å². The van der Waals surface area contributed by atoms with Crippen LogP contribution >= 0.6 is 0 Å². The summed E-state index contributed by atoms with van der Waals surface area (Å²) >= 11 is 0. The van der Waals surface area contributed by atoms with Crippen molar-refractivity contribution in [2.24, 2.45) is 0 Å². The van der Waals surface area contributed by atoms with Gasteiger partial charge in [0.25, 0.3) is 0 Å². The summed E-state index contributed by atoms with van der Waals surface area (Å²) in [5.41, 5.74) is 1.83. The summed E-state index contributed by atoms with van der Waals surface area (Å²) in [5.74, 6) is 1.26. The molecule has 1 heterocycles. The van der Waals surface area contributed by atoms with Gasteiger partial charge in [-0.15, -0.1) is 0 Å². The van der Waals surface area contributed by atoms with Gasteiger partial charge in [0.05, 0.1) is 25.2 Å². The lowest BCUT2D eigenvalue weighted by Crippen LogP contribution is -2.06. The summed E-state index contributed by atoms with van der Waals surface area (Å²) in [4.78, 5) is 12.4. The standard InChI is InChI=1S/C18H16O5/c1-10-16(11-4-6-12(19)7-5-11)18(20)23-15-9-13(21-2)8-14(22-3)17(10)15/h4-9,19H,1-3H3. The lowest BCUT2D eigenvalue weighted by molar-refractivity contribution is 0.396. The fourth-order valence-corrected chi connectivity index (χ4v) is 2.69. The molecule has 0 aliphatic heterocycles. The Morgan fingerprint density at radius 2 is 1.74 bits per heavy atom. The van der Waals surface area contributed by atoms with Gasteiger partial charge in [-0.3, -0.25) is 0 Å². The minimum atomic E-state index is -0.448. The van der Waals surface area contributed by atoms with Crippen LogP contribution in [0.4, 0.5) is 0 Å². The Kier molecular flexibility index (Phi) is 3.70. The summed E-state index contributed by atoms with van der Waals surface area (Å²) in [7, 11) is 3.09. The fourth-order valence-electron chi connectivity index (χ4n) is 2.69. The molecular weight excluding hydrogens is 296 g/mol. The van der Waals surface area contributed by atoms with Gasteiger partial charge in [0.1, 0.15) is 22.8 Å². The van der Waals surface area contributed by atoms with E-state index in [1.165, 1.54) is 19.2 Å². The summed E-state index contributed by atoms with van der Waals surface area (Å²) in [5, 5.41) is 10.1. The highest BCUT2D eigenvalue weighted by molar-refractivity contribution is 5.92. The van der Waals surface area contributed by atoms with E-state index >= 15 is 0 Å². The Bertz CT molecular complexity index is 923. The molecule has 0 amide bonds. The van der Waals surface area contributed by atoms with E-state index in [4.69, 9.17) is 13.9 Å². The van der Waals surface area contributed by atoms with Gasteiger partial charge in [-0.05, 0) is 30.2 Å². The molecule has 5 nitrogen and oxygen atoms in total. The third kappa shape index (κ3) is 2.50. The van der Waals surface area contributed by atoms with Gasteiger partial charge in [-0.2, -0.15) is 0 Å². The van der Waals surface area contributed by atoms with E-state index in [-0.39, 0.29) is 5.75 Å². The van der Waals surface area contributed by atoms with Gasteiger partial charge in [-0.1, -0.05) is 12.1 Å². The van der Waals surface area contributed by atoms with Gasteiger partial charge in [0, 0.05) is 12.1 Å². The molecule has 5 heteroatoms. The lowest BCUT2D eigenvalue weighted by atomic mass is 9.99. The van der Waals surface area contributed by atoms with Crippen LogP contribution in [0.15, 0.2) is 45.6 Å². The van der Waals surface area contributed by atoms with E-state index in [0.29, 0.717) is 28.2 Å². The first kappa shape index (κ1) is 15.0. The number of phenols is 1. The van der Waals surface area contributed by atoms with Gasteiger partial charge in [0.2, 0.25) is 0 Å². The molecule has 1 N–H and O–H groups in total. The largest absolute Gasteiger partial charge is 0.508 e. The second kappa shape index (κ2) is 5.68. The summed E-state index contributed by atoms with van der Waals surface area (Å²) in [6.07, 6.45) is 0. The number of phenolic OH excluding ortho intramolecular Hbond substituents is 1. The molecule has 0 saturated carbocycles. The van der Waals surface area contributed by atoms with E-state index in [1.807, 2.05) is 6.92 Å². The van der Waals surface area contributed by atoms with Crippen molar-refractivity contribution in [1.82, 2.24) is 0 Å². The molecule has 0 atom stereocenters. The van der Waals surface area contributed by atoms with Crippen LogP contribution in [0.1, 0.15) is 5.56 Å². The molecule has 3 aromatic rings. The van der Waals surface area contributed by atoms with Crippen molar-refractivity contribution >= 4 is 11.0 Å². The van der Waals surface area contributed by atoms with Crippen molar-refractivity contribution in [3.8, 4) is 28.4 Å². The van der Waals surface area contributed by atoms with Crippen molar-refractivity contribution in [2.45, 2.75) is 6.92 Å². The maximum Gasteiger partial charge on any atom is 0.344 e. The average Bonchev–Trinajstić information content (AvgIpc) is 2.55. The van der Waals surface area contributed by atoms with Crippen molar-refractivity contribution < 1.29 is 19.0 Å². The lowest BCUT2D eigenvalue weighted by Gasteiger charge is -2.12. The van der Waals surface area contributed by atoms with Crippen LogP contribution in [-0.2, 0) is 0 Å². The molecule has 0 bridgehead atoms. The molecule has 118 valence electrons. The van der Waals surface area contributed by atoms with Crippen LogP contribution in [0.25, 0.3) is 22.1 Å². The van der Waals surface area contributed by atoms with Crippen LogP contribution in [0.5, 0.6) is 17.2 Å². The van der Waals surface area contributed by atoms with E-state index in [1.54, 1.807) is 31.4 Å². The van der Waals surface area contributed by atoms with Crippen LogP contribution in [0.3, 0.4) is 0 Å². The average molecular weight is 312 g/mol. The van der Waals surface area contributed by atoms with E-state index in [2.05, 4.69) is 0 Å². The Hall–Kier alpha value is -2.95. The molecule has 1 aromatic heterocycles. The van der Waals surface area contributed by atoms with E-state index in [9.17, 15) is 9.90 Å². The summed E-state index contributed by atoms with van der Waals surface area (Å²) in [6, 6.07) is 9.82. The second-order valence-corrected chi connectivity index (χ2v) is 5.14. The number of aryl methyl sites for hydroxylation is 1. The first-order valence-electron chi connectivity index (χ1n) is 7.04.